The van der Waals surface area contributed by atoms with Gasteiger partial charge in [-0.2, -0.15) is 0 Å². The molecule has 19 nitrogen and oxygen atoms in total. The molecule has 0 saturated heterocycles. The number of aliphatic imine (C=N–C) groups is 3. The lowest BCUT2D eigenvalue weighted by Crippen LogP contribution is -2.66. The molecule has 6 aliphatic heterocycles. The van der Waals surface area contributed by atoms with E-state index in [9.17, 15) is 19.5 Å². The number of amides is 2. The van der Waals surface area contributed by atoms with Crippen molar-refractivity contribution in [3.8, 4) is 0 Å². The maximum atomic E-state index is 14.6. The minimum Gasteiger partial charge on any atom is -0.477 e. The first-order chi connectivity index (χ1) is 70.9. The second kappa shape index (κ2) is 51.5. The lowest BCUT2D eigenvalue weighted by Gasteiger charge is -2.43. The Morgan fingerprint density at radius 1 is 0.369 bits per heavy atom. The second-order valence-corrected chi connectivity index (χ2v) is 56.4. The molecule has 10 aromatic carbocycles. The fraction of sp³-hybridized carbons (Fsp3) is 0.395. The van der Waals surface area contributed by atoms with Crippen molar-refractivity contribution in [3.63, 3.8) is 0 Å². The number of carboxylic acids is 1. The van der Waals surface area contributed by atoms with Gasteiger partial charge >= 0.3 is 5.97 Å². The van der Waals surface area contributed by atoms with Crippen LogP contribution in [0, 0.1) is 17.8 Å². The van der Waals surface area contributed by atoms with Crippen molar-refractivity contribution in [2.75, 3.05) is 79.1 Å². The van der Waals surface area contributed by atoms with Gasteiger partial charge in [-0.15, -0.1) is 0 Å². The van der Waals surface area contributed by atoms with Crippen LogP contribution in [-0.2, 0) is 54.1 Å². The average Bonchev–Trinajstić information content (AvgIpc) is 1.56. The fourth-order valence-corrected chi connectivity index (χ4v) is 34.6. The van der Waals surface area contributed by atoms with Gasteiger partial charge in [0.2, 0.25) is 0 Å². The normalized spacial score (nSPS) is 19.1. The Kier molecular flexibility index (Phi) is 40.5. The number of carbonyl (C=O) groups is 3. The smallest absolute Gasteiger partial charge is 0.344 e. The number of ether oxygens (including phenoxy) is 3. The van der Waals surface area contributed by atoms with Gasteiger partial charge in [0.25, 0.3) is 28.4 Å². The molecule has 149 heavy (non-hydrogen) atoms. The third-order valence-corrected chi connectivity index (χ3v) is 42.6. The molecule has 30 heteroatoms. The summed E-state index contributed by atoms with van der Waals surface area (Å²) in [5.74, 6) is -0.776. The summed E-state index contributed by atoms with van der Waals surface area (Å²) in [4.78, 5) is 68.4. The van der Waals surface area contributed by atoms with Crippen LogP contribution in [0.3, 0.4) is 0 Å². The molecule has 2 amide bonds. The molecule has 792 valence electrons. The highest BCUT2D eigenvalue weighted by molar-refractivity contribution is 8.18. The number of aliphatic hydroxyl groups excluding tert-OH is 1. The molecular formula is C119H143Cl6N9O10S3Si2. The van der Waals surface area contributed by atoms with Crippen molar-refractivity contribution in [2.24, 2.45) is 32.7 Å². The molecule has 10 aromatic rings. The largest absolute Gasteiger partial charge is 0.477 e. The number of carboxylic acid groups (broad SMARTS) is 1. The standard InChI is InChI=1S/C45H53Cl2N3O3SSi.C29H35Cl2N3O3S.C23H35NO2Si.C22H20Cl2N2O2S/c1-31(2)39-40(54-43-48-45(8,34-21-25-36(47)26-22-34)41(50(39)43)33-19-23-35(46)24-20-33)42(51)49(32(3)4)27-28-52-29-30-53-55(44(5,6)7,37-15-11-9-12-16-37)38-17-13-10-14-18-38;1-18(2)24-25(27(36)33(19(3)4)14-16-37-17-15-35)38-28-32-29(5,21-8-12-23(31)13-9-21)26(34(24)28)20-6-10-22(30)11-7-20;1-20(2)24-16-17-25-18-19-26-27(23(3,4)5,21-12-8-6-9-13-21)22-14-10-7-11-15-22;1-12(2)17-18(20(27)28)29-21-25-22(3,14-6-10-16(24)11-7-14)19(26(17)21)13-4-8-15(23)9-5-13/h9-26,31-32,41H,27-30H2,1-8H3;6-13,18-19,26,35H,14-17H2,1-5H3;6-15,20,24H,16-19H2,1-5H3;4-12,19H,1-3H3,(H,27,28)/t41-,45+;26-,29+;;19-,22+/m11.1/s1. The Bertz CT molecular complexity index is 6310. The number of aliphatic carboxylic acids is 1. The van der Waals surface area contributed by atoms with Crippen LogP contribution in [-0.4, -0.2) is 182 Å². The molecule has 0 fully saturated rings. The van der Waals surface area contributed by atoms with Gasteiger partial charge in [-0.3, -0.25) is 9.59 Å². The highest BCUT2D eigenvalue weighted by Gasteiger charge is 2.59. The van der Waals surface area contributed by atoms with Crippen molar-refractivity contribution in [2.45, 2.75) is 208 Å². The summed E-state index contributed by atoms with van der Waals surface area (Å²) in [5, 5.41) is 33.5. The van der Waals surface area contributed by atoms with Crippen LogP contribution in [0.25, 0.3) is 0 Å². The summed E-state index contributed by atoms with van der Waals surface area (Å²) in [6, 6.07) is 89.7. The number of carbonyl (C=O) groups excluding carboxylic acids is 2. The Balaban J connectivity index is 0.000000173. The predicted octanol–water partition coefficient (Wildman–Crippen LogP) is 26.4. The third-order valence-electron chi connectivity index (χ3n) is 27.8. The molecule has 0 saturated carbocycles. The maximum absolute atomic E-state index is 14.6. The summed E-state index contributed by atoms with van der Waals surface area (Å²) in [6.45, 7) is 50.7. The van der Waals surface area contributed by atoms with Crippen LogP contribution in [0.15, 0.2) is 314 Å². The lowest BCUT2D eigenvalue weighted by atomic mass is 9.81. The van der Waals surface area contributed by atoms with Crippen molar-refractivity contribution in [1.29, 1.82) is 0 Å². The van der Waals surface area contributed by atoms with Gasteiger partial charge in [-0.05, 0) is 239 Å². The van der Waals surface area contributed by atoms with Gasteiger partial charge in [0, 0.05) is 85.0 Å². The van der Waals surface area contributed by atoms with Gasteiger partial charge in [-0.1, -0.05) is 361 Å². The molecule has 0 bridgehead atoms. The van der Waals surface area contributed by atoms with Gasteiger partial charge < -0.3 is 63.1 Å². The number of allylic oxidation sites excluding steroid dienone is 3. The van der Waals surface area contributed by atoms with Gasteiger partial charge in [0.05, 0.1) is 77.6 Å². The number of thioether (sulfide) groups is 3. The Labute approximate surface area is 927 Å². The SMILES string of the molecule is CC(C)C1=C(C(=O)N(CCOCCO)C(C)C)SC2=N[C@@](C)(c3ccc(Cl)cc3)[C@@H](c3ccc(Cl)cc3)N21.CC(C)C1=C(C(=O)N(CCOCCO[Si](c2ccccc2)(c2ccccc2)C(C)(C)C)C(C)C)SC2=N[C@@](C)(c3ccc(Cl)cc3)[C@@H](c3ccc(Cl)cc3)N21.CC(C)C1=C(C(=O)O)SC2=N[C@@](C)(c3ccc(Cl)cc3)[C@@H](c3ccc(Cl)cc3)N21.CC(C)NCCOCCO[Si](c1ccccc1)(c1ccccc1)C(C)(C)C. The maximum Gasteiger partial charge on any atom is 0.344 e. The molecule has 6 atom stereocenters. The predicted molar refractivity (Wildman–Crippen MR) is 626 cm³/mol. The molecule has 0 aliphatic carbocycles. The van der Waals surface area contributed by atoms with Gasteiger partial charge in [0.15, 0.2) is 15.5 Å². The van der Waals surface area contributed by atoms with Crippen LogP contribution in [0.2, 0.25) is 40.2 Å². The molecular weight excluding hydrogens is 2080 g/mol. The van der Waals surface area contributed by atoms with E-state index in [1.165, 1.54) is 56.0 Å². The number of fused-ring (bicyclic) bond motifs is 3. The van der Waals surface area contributed by atoms with E-state index in [2.05, 4.69) is 271 Å². The first-order valence-corrected chi connectivity index (χ1v) is 59.8. The lowest BCUT2D eigenvalue weighted by molar-refractivity contribution is -0.132. The van der Waals surface area contributed by atoms with Crippen LogP contribution in [0.1, 0.15) is 197 Å². The molecule has 16 rings (SSSR count). The molecule has 6 heterocycles. The van der Waals surface area contributed by atoms with Crippen molar-refractivity contribution >= 4 is 176 Å². The highest BCUT2D eigenvalue weighted by atomic mass is 35.5. The summed E-state index contributed by atoms with van der Waals surface area (Å²) >= 11 is 41.6. The van der Waals surface area contributed by atoms with Crippen LogP contribution in [0.4, 0.5) is 0 Å². The Morgan fingerprint density at radius 2 is 0.624 bits per heavy atom. The van der Waals surface area contributed by atoms with Crippen molar-refractivity contribution < 1.29 is 47.7 Å². The Hall–Kier alpha value is -8.82. The summed E-state index contributed by atoms with van der Waals surface area (Å²) in [5.41, 5.74) is 7.18. The summed E-state index contributed by atoms with van der Waals surface area (Å²) in [7, 11) is -5.10. The number of hydrogen-bond donors (Lipinski definition) is 3. The minimum atomic E-state index is -2.66. The molecule has 6 aliphatic rings. The summed E-state index contributed by atoms with van der Waals surface area (Å²) < 4.78 is 31.3. The van der Waals surface area contributed by atoms with E-state index >= 15 is 0 Å². The molecule has 0 spiro atoms. The van der Waals surface area contributed by atoms with Gasteiger partial charge in [-0.25, -0.2) is 19.8 Å². The summed E-state index contributed by atoms with van der Waals surface area (Å²) in [6.07, 6.45) is 0. The monoisotopic (exact) mass is 2220 g/mol. The fourth-order valence-electron chi connectivity index (χ4n) is 20.8. The number of nitrogens with one attached hydrogen (secondary N) is 1. The van der Waals surface area contributed by atoms with Crippen LogP contribution in [0.5, 0.6) is 0 Å². The Morgan fingerprint density at radius 3 is 0.872 bits per heavy atom. The number of hydrogen-bond acceptors (Lipinski definition) is 19. The quantitative estimate of drug-likeness (QED) is 0.0243. The van der Waals surface area contributed by atoms with Crippen LogP contribution >= 0.6 is 105 Å². The van der Waals surface area contributed by atoms with Crippen molar-refractivity contribution in [3.05, 3.63) is 362 Å². The van der Waals surface area contributed by atoms with E-state index in [-0.39, 0.29) is 83.1 Å². The van der Waals surface area contributed by atoms with E-state index in [4.69, 9.17) is 113 Å². The number of rotatable bonds is 38. The number of nitrogens with zero attached hydrogens (tertiary/aromatic N) is 8. The van der Waals surface area contributed by atoms with E-state index < -0.39 is 39.2 Å². The molecule has 0 unspecified atom stereocenters. The molecule has 0 aromatic heterocycles. The highest BCUT2D eigenvalue weighted by Crippen LogP contribution is 2.61. The number of benzene rings is 10. The topological polar surface area (TPSA) is 203 Å². The molecule has 0 radical (unpaired) electrons. The number of amidine groups is 3. The van der Waals surface area contributed by atoms with E-state index in [1.54, 1.807) is 0 Å². The van der Waals surface area contributed by atoms with Gasteiger partial charge in [0.1, 0.15) is 31.3 Å². The third kappa shape index (κ3) is 26.4. The first-order valence-electron chi connectivity index (χ1n) is 51.3. The second-order valence-electron chi connectivity index (χ2n) is 42.2. The first kappa shape index (κ1) is 117. The minimum absolute atomic E-state index is 0.00369. The van der Waals surface area contributed by atoms with Crippen LogP contribution < -0.4 is 26.1 Å². The zero-order valence-electron chi connectivity index (χ0n) is 89.3. The van der Waals surface area contributed by atoms with Crippen molar-refractivity contribution in [1.82, 2.24) is 29.8 Å². The van der Waals surface area contributed by atoms with E-state index in [0.717, 1.165) is 72.3 Å². The zero-order valence-corrected chi connectivity index (χ0v) is 98.3. The van der Waals surface area contributed by atoms with E-state index in [1.807, 2.05) is 171 Å². The average molecular weight is 2220 g/mol. The van der Waals surface area contributed by atoms with E-state index in [0.29, 0.717) is 110 Å². The number of aliphatic hydroxyl groups is 1. The zero-order chi connectivity index (χ0) is 108. The molecule has 3 N–H and O–H groups in total. The number of halogens is 6.